The highest BCUT2D eigenvalue weighted by atomic mass is 79.9. The maximum atomic E-state index is 12.1. The van der Waals surface area contributed by atoms with Crippen molar-refractivity contribution in [3.63, 3.8) is 0 Å². The molecule has 0 aliphatic carbocycles. The molecule has 1 N–H and O–H groups in total. The number of carbonyl (C=O) groups is 1. The lowest BCUT2D eigenvalue weighted by Gasteiger charge is -2.01. The molecule has 1 fully saturated rings. The second-order valence-corrected chi connectivity index (χ2v) is 7.35. The first kappa shape index (κ1) is 16.3. The Morgan fingerprint density at radius 2 is 1.96 bits per heavy atom. The number of hydrogen-bond acceptors (Lipinski definition) is 3. The predicted molar refractivity (Wildman–Crippen MR) is 101 cm³/mol. The molecule has 1 aliphatic rings. The van der Waals surface area contributed by atoms with Gasteiger partial charge in [-0.3, -0.25) is 4.79 Å². The van der Waals surface area contributed by atoms with E-state index in [1.165, 1.54) is 11.8 Å². The molecule has 0 aromatic heterocycles. The summed E-state index contributed by atoms with van der Waals surface area (Å²) in [5, 5.41) is 3.96. The molecule has 0 radical (unpaired) electrons. The SMILES string of the molecule is Cc1ccc(Cl)cc1N=C1NC(=O)/C(=C/c2ccc(Br)cc2)S1. The van der Waals surface area contributed by atoms with E-state index in [9.17, 15) is 4.79 Å². The van der Waals surface area contributed by atoms with E-state index in [0.29, 0.717) is 15.1 Å². The van der Waals surface area contributed by atoms with E-state index in [4.69, 9.17) is 11.6 Å². The van der Waals surface area contributed by atoms with Gasteiger partial charge in [-0.1, -0.05) is 45.7 Å². The van der Waals surface area contributed by atoms with Crippen LogP contribution in [0.2, 0.25) is 5.02 Å². The standard InChI is InChI=1S/C17H12BrClN2OS/c1-10-2-7-13(19)9-14(10)20-17-21-16(22)15(23-17)8-11-3-5-12(18)6-4-11/h2-9H,1H3,(H,20,21,22)/b15-8-. The van der Waals surface area contributed by atoms with Crippen molar-refractivity contribution >= 4 is 62.1 Å². The zero-order chi connectivity index (χ0) is 16.4. The summed E-state index contributed by atoms with van der Waals surface area (Å²) in [5.41, 5.74) is 2.72. The van der Waals surface area contributed by atoms with E-state index in [-0.39, 0.29) is 5.91 Å². The van der Waals surface area contributed by atoms with Crippen molar-refractivity contribution in [3.05, 3.63) is 68.0 Å². The number of aryl methyl sites for hydroxylation is 1. The molecule has 1 saturated heterocycles. The van der Waals surface area contributed by atoms with Gasteiger partial charge in [-0.2, -0.15) is 0 Å². The van der Waals surface area contributed by atoms with Crippen molar-refractivity contribution in [1.29, 1.82) is 0 Å². The fraction of sp³-hybridized carbons (Fsp3) is 0.0588. The molecule has 2 aromatic carbocycles. The van der Waals surface area contributed by atoms with E-state index >= 15 is 0 Å². The van der Waals surface area contributed by atoms with Gasteiger partial charge < -0.3 is 5.32 Å². The molecule has 6 heteroatoms. The van der Waals surface area contributed by atoms with Crippen LogP contribution in [0.25, 0.3) is 6.08 Å². The molecule has 2 aromatic rings. The number of rotatable bonds is 2. The number of hydrogen-bond donors (Lipinski definition) is 1. The summed E-state index contributed by atoms with van der Waals surface area (Å²) in [6.45, 7) is 1.95. The van der Waals surface area contributed by atoms with Crippen LogP contribution in [-0.4, -0.2) is 11.1 Å². The van der Waals surface area contributed by atoms with Crippen molar-refractivity contribution in [3.8, 4) is 0 Å². The molecule has 0 spiro atoms. The summed E-state index contributed by atoms with van der Waals surface area (Å²) >= 11 is 10.7. The molecule has 0 bridgehead atoms. The summed E-state index contributed by atoms with van der Waals surface area (Å²) in [4.78, 5) is 17.2. The maximum Gasteiger partial charge on any atom is 0.264 e. The van der Waals surface area contributed by atoms with Gasteiger partial charge >= 0.3 is 0 Å². The van der Waals surface area contributed by atoms with Gasteiger partial charge in [0.1, 0.15) is 0 Å². The van der Waals surface area contributed by atoms with Gasteiger partial charge in [0, 0.05) is 9.50 Å². The quantitative estimate of drug-likeness (QED) is 0.686. The number of amides is 1. The third-order valence-corrected chi connectivity index (χ3v) is 4.89. The number of nitrogens with one attached hydrogen (secondary N) is 1. The highest BCUT2D eigenvalue weighted by molar-refractivity contribution is 9.10. The number of thioether (sulfide) groups is 1. The van der Waals surface area contributed by atoms with Crippen LogP contribution in [0.4, 0.5) is 5.69 Å². The summed E-state index contributed by atoms with van der Waals surface area (Å²) in [6, 6.07) is 13.3. The molecular weight excluding hydrogens is 396 g/mol. The highest BCUT2D eigenvalue weighted by Gasteiger charge is 2.23. The first-order valence-corrected chi connectivity index (χ1v) is 8.81. The van der Waals surface area contributed by atoms with Crippen LogP contribution in [0.1, 0.15) is 11.1 Å². The first-order chi connectivity index (χ1) is 11.0. The van der Waals surface area contributed by atoms with Gasteiger partial charge in [0.2, 0.25) is 0 Å². The lowest BCUT2D eigenvalue weighted by molar-refractivity contribution is -0.115. The number of halogens is 2. The van der Waals surface area contributed by atoms with Crippen LogP contribution in [0.3, 0.4) is 0 Å². The molecule has 0 unspecified atom stereocenters. The Hall–Kier alpha value is -1.56. The molecule has 1 heterocycles. The third-order valence-electron chi connectivity index (χ3n) is 3.21. The summed E-state index contributed by atoms with van der Waals surface area (Å²) in [6.07, 6.45) is 1.85. The molecule has 3 nitrogen and oxygen atoms in total. The summed E-state index contributed by atoms with van der Waals surface area (Å²) < 4.78 is 1.00. The maximum absolute atomic E-state index is 12.1. The number of aliphatic imine (C=N–C) groups is 1. The normalized spacial score (nSPS) is 17.8. The molecule has 0 atom stereocenters. The fourth-order valence-electron chi connectivity index (χ4n) is 2.00. The zero-order valence-corrected chi connectivity index (χ0v) is 15.3. The molecule has 116 valence electrons. The lowest BCUT2D eigenvalue weighted by Crippen LogP contribution is -2.19. The van der Waals surface area contributed by atoms with E-state index in [0.717, 1.165) is 21.3 Å². The second-order valence-electron chi connectivity index (χ2n) is 4.96. The molecule has 0 saturated carbocycles. The number of carbonyl (C=O) groups excluding carboxylic acids is 1. The smallest absolute Gasteiger partial charge is 0.264 e. The minimum Gasteiger partial charge on any atom is -0.300 e. The van der Waals surface area contributed by atoms with Crippen LogP contribution >= 0.6 is 39.3 Å². The van der Waals surface area contributed by atoms with Crippen molar-refractivity contribution in [2.75, 3.05) is 0 Å². The number of nitrogens with zero attached hydrogens (tertiary/aromatic N) is 1. The van der Waals surface area contributed by atoms with Gasteiger partial charge in [-0.05, 0) is 60.2 Å². The van der Waals surface area contributed by atoms with Gasteiger partial charge in [0.15, 0.2) is 5.17 Å². The molecular formula is C17H12BrClN2OS. The molecule has 23 heavy (non-hydrogen) atoms. The van der Waals surface area contributed by atoms with Gasteiger partial charge in [0.25, 0.3) is 5.91 Å². The van der Waals surface area contributed by atoms with E-state index in [2.05, 4.69) is 26.2 Å². The minimum absolute atomic E-state index is 0.142. The van der Waals surface area contributed by atoms with Crippen LogP contribution in [0.5, 0.6) is 0 Å². The predicted octanol–water partition coefficient (Wildman–Crippen LogP) is 5.30. The average molecular weight is 408 g/mol. The van der Waals surface area contributed by atoms with E-state index in [1.807, 2.05) is 49.4 Å². The Balaban J connectivity index is 1.86. The summed E-state index contributed by atoms with van der Waals surface area (Å²) in [5.74, 6) is -0.142. The Kier molecular flexibility index (Phi) is 4.90. The van der Waals surface area contributed by atoms with Crippen LogP contribution < -0.4 is 5.32 Å². The summed E-state index contributed by atoms with van der Waals surface area (Å²) in [7, 11) is 0. The Morgan fingerprint density at radius 1 is 1.22 bits per heavy atom. The third kappa shape index (κ3) is 4.05. The largest absolute Gasteiger partial charge is 0.300 e. The van der Waals surface area contributed by atoms with Crippen molar-refractivity contribution < 1.29 is 4.79 Å². The minimum atomic E-state index is -0.142. The van der Waals surface area contributed by atoms with Crippen LogP contribution in [-0.2, 0) is 4.79 Å². The van der Waals surface area contributed by atoms with Crippen molar-refractivity contribution in [2.45, 2.75) is 6.92 Å². The van der Waals surface area contributed by atoms with Crippen LogP contribution in [0, 0.1) is 6.92 Å². The Bertz CT molecular complexity index is 831. The van der Waals surface area contributed by atoms with E-state index in [1.54, 1.807) is 6.07 Å². The molecule has 3 rings (SSSR count). The number of amidine groups is 1. The number of benzene rings is 2. The fourth-order valence-corrected chi connectivity index (χ4v) is 3.27. The van der Waals surface area contributed by atoms with Crippen molar-refractivity contribution in [1.82, 2.24) is 5.32 Å². The van der Waals surface area contributed by atoms with Gasteiger partial charge in [0.05, 0.1) is 10.6 Å². The zero-order valence-electron chi connectivity index (χ0n) is 12.1. The van der Waals surface area contributed by atoms with Gasteiger partial charge in [-0.25, -0.2) is 4.99 Å². The monoisotopic (exact) mass is 406 g/mol. The topological polar surface area (TPSA) is 41.5 Å². The van der Waals surface area contributed by atoms with Crippen LogP contribution in [0.15, 0.2) is 56.8 Å². The van der Waals surface area contributed by atoms with Crippen molar-refractivity contribution in [2.24, 2.45) is 4.99 Å². The first-order valence-electron chi connectivity index (χ1n) is 6.82. The lowest BCUT2D eigenvalue weighted by atomic mass is 10.2. The Labute approximate surface area is 152 Å². The second kappa shape index (κ2) is 6.91. The highest BCUT2D eigenvalue weighted by Crippen LogP contribution is 2.30. The van der Waals surface area contributed by atoms with E-state index < -0.39 is 0 Å². The average Bonchev–Trinajstić information content (AvgIpc) is 2.85. The molecule has 1 aliphatic heterocycles. The van der Waals surface area contributed by atoms with Gasteiger partial charge in [-0.15, -0.1) is 0 Å². The molecule has 1 amide bonds. The Morgan fingerprint density at radius 3 is 2.70 bits per heavy atom.